The lowest BCUT2D eigenvalue weighted by Gasteiger charge is -2.16. The van der Waals surface area contributed by atoms with Gasteiger partial charge in [0.25, 0.3) is 0 Å². The van der Waals surface area contributed by atoms with E-state index in [1.54, 1.807) is 0 Å². The van der Waals surface area contributed by atoms with Crippen LogP contribution in [0.2, 0.25) is 0 Å². The van der Waals surface area contributed by atoms with Crippen LogP contribution in [0.1, 0.15) is 22.9 Å². The van der Waals surface area contributed by atoms with E-state index < -0.39 is 0 Å². The van der Waals surface area contributed by atoms with Gasteiger partial charge >= 0.3 is 0 Å². The lowest BCUT2D eigenvalue weighted by Crippen LogP contribution is -2.21. The Labute approximate surface area is 124 Å². The Morgan fingerprint density at radius 3 is 2.14 bits per heavy atom. The minimum absolute atomic E-state index is 0.257. The summed E-state index contributed by atoms with van der Waals surface area (Å²) in [6, 6.07) is 19.6. The summed E-state index contributed by atoms with van der Waals surface area (Å²) in [4.78, 5) is 0. The number of benzene rings is 2. The number of nitrogens with one attached hydrogen (secondary N) is 1. The zero-order valence-electron chi connectivity index (χ0n) is 12.0. The summed E-state index contributed by atoms with van der Waals surface area (Å²) in [5.41, 5.74) is 6.60. The van der Waals surface area contributed by atoms with E-state index in [2.05, 4.69) is 65.0 Å². The van der Waals surface area contributed by atoms with Crippen molar-refractivity contribution >= 4 is 0 Å². The van der Waals surface area contributed by atoms with E-state index in [-0.39, 0.29) is 6.04 Å². The van der Waals surface area contributed by atoms with Crippen LogP contribution in [0.15, 0.2) is 60.8 Å². The molecule has 0 fully saturated rings. The summed E-state index contributed by atoms with van der Waals surface area (Å²) >= 11 is 0. The molecule has 0 radical (unpaired) electrons. The van der Waals surface area contributed by atoms with Crippen molar-refractivity contribution in [3.05, 3.63) is 77.6 Å². The second-order valence-electron chi connectivity index (χ2n) is 5.43. The second kappa shape index (κ2) is 4.86. The van der Waals surface area contributed by atoms with Crippen molar-refractivity contribution in [1.82, 2.24) is 15.1 Å². The van der Waals surface area contributed by atoms with Gasteiger partial charge in [-0.3, -0.25) is 4.68 Å². The average Bonchev–Trinajstić information content (AvgIpc) is 3.07. The fourth-order valence-electron chi connectivity index (χ4n) is 3.16. The predicted octanol–water partition coefficient (Wildman–Crippen LogP) is 3.28. The van der Waals surface area contributed by atoms with Crippen LogP contribution in [0.3, 0.4) is 0 Å². The van der Waals surface area contributed by atoms with E-state index >= 15 is 0 Å². The lowest BCUT2D eigenvalue weighted by molar-refractivity contribution is 0.579. The van der Waals surface area contributed by atoms with Crippen LogP contribution in [-0.2, 0) is 13.6 Å². The third-order valence-electron chi connectivity index (χ3n) is 4.24. The highest BCUT2D eigenvalue weighted by molar-refractivity contribution is 5.78. The number of aromatic nitrogens is 2. The molecule has 0 bridgehead atoms. The molecule has 4 rings (SSSR count). The quantitative estimate of drug-likeness (QED) is 0.795. The maximum Gasteiger partial charge on any atom is 0.0592 e. The summed E-state index contributed by atoms with van der Waals surface area (Å²) in [6.07, 6.45) is 1.84. The van der Waals surface area contributed by atoms with Crippen LogP contribution in [0.5, 0.6) is 0 Å². The van der Waals surface area contributed by atoms with Crippen LogP contribution >= 0.6 is 0 Å². The molecule has 104 valence electrons. The van der Waals surface area contributed by atoms with Crippen LogP contribution in [0.4, 0.5) is 0 Å². The van der Waals surface area contributed by atoms with Crippen LogP contribution in [0.25, 0.3) is 11.1 Å². The standard InChI is InChI=1S/C18H17N3/c1-21-13(10-11-20-21)12-19-18-16-8-4-2-6-14(16)15-7-3-5-9-17(15)18/h2-11,18-19H,12H2,1H3. The summed E-state index contributed by atoms with van der Waals surface area (Å²) in [5.74, 6) is 0. The van der Waals surface area contributed by atoms with E-state index in [0.29, 0.717) is 0 Å². The molecule has 0 aliphatic heterocycles. The number of hydrogen-bond donors (Lipinski definition) is 1. The van der Waals surface area contributed by atoms with Crippen molar-refractivity contribution in [2.45, 2.75) is 12.6 Å². The molecule has 1 aliphatic rings. The Balaban J connectivity index is 1.70. The fraction of sp³-hybridized carbons (Fsp3) is 0.167. The topological polar surface area (TPSA) is 29.9 Å². The highest BCUT2D eigenvalue weighted by Gasteiger charge is 2.27. The van der Waals surface area contributed by atoms with Gasteiger partial charge in [-0.15, -0.1) is 0 Å². The molecule has 0 amide bonds. The summed E-state index contributed by atoms with van der Waals surface area (Å²) in [7, 11) is 1.98. The Hall–Kier alpha value is -2.39. The van der Waals surface area contributed by atoms with Gasteiger partial charge in [-0.2, -0.15) is 5.10 Å². The second-order valence-corrected chi connectivity index (χ2v) is 5.43. The van der Waals surface area contributed by atoms with Gasteiger partial charge in [0, 0.05) is 19.8 Å². The monoisotopic (exact) mass is 275 g/mol. The van der Waals surface area contributed by atoms with Crippen LogP contribution in [0, 0.1) is 0 Å². The SMILES string of the molecule is Cn1nccc1CNC1c2ccccc2-c2ccccc21. The molecule has 0 spiro atoms. The molecule has 0 saturated carbocycles. The maximum atomic E-state index is 4.23. The first-order valence-electron chi connectivity index (χ1n) is 7.23. The normalized spacial score (nSPS) is 13.2. The van der Waals surface area contributed by atoms with Gasteiger partial charge in [0.1, 0.15) is 0 Å². The lowest BCUT2D eigenvalue weighted by atomic mass is 10.1. The first-order valence-corrected chi connectivity index (χ1v) is 7.23. The van der Waals surface area contributed by atoms with Crippen molar-refractivity contribution < 1.29 is 0 Å². The van der Waals surface area contributed by atoms with Gasteiger partial charge in [-0.25, -0.2) is 0 Å². The zero-order chi connectivity index (χ0) is 14.2. The summed E-state index contributed by atoms with van der Waals surface area (Å²) < 4.78 is 1.92. The van der Waals surface area contributed by atoms with Crippen molar-refractivity contribution in [3.8, 4) is 11.1 Å². The minimum Gasteiger partial charge on any atom is -0.301 e. The van der Waals surface area contributed by atoms with Gasteiger partial charge < -0.3 is 5.32 Å². The van der Waals surface area contributed by atoms with Gasteiger partial charge in [0.15, 0.2) is 0 Å². The van der Waals surface area contributed by atoms with Gasteiger partial charge in [-0.05, 0) is 28.3 Å². The molecular formula is C18H17N3. The first kappa shape index (κ1) is 12.4. The highest BCUT2D eigenvalue weighted by Crippen LogP contribution is 2.43. The van der Waals surface area contributed by atoms with E-state index in [9.17, 15) is 0 Å². The minimum atomic E-state index is 0.257. The molecular weight excluding hydrogens is 258 g/mol. The van der Waals surface area contributed by atoms with E-state index in [0.717, 1.165) is 6.54 Å². The molecule has 1 heterocycles. The predicted molar refractivity (Wildman–Crippen MR) is 83.8 cm³/mol. The van der Waals surface area contributed by atoms with Crippen LogP contribution in [-0.4, -0.2) is 9.78 Å². The molecule has 3 aromatic rings. The smallest absolute Gasteiger partial charge is 0.0592 e. The largest absolute Gasteiger partial charge is 0.301 e. The molecule has 1 N–H and O–H groups in total. The Bertz CT molecular complexity index is 743. The van der Waals surface area contributed by atoms with Crippen molar-refractivity contribution in [2.75, 3.05) is 0 Å². The van der Waals surface area contributed by atoms with Crippen molar-refractivity contribution in [3.63, 3.8) is 0 Å². The number of nitrogens with zero attached hydrogens (tertiary/aromatic N) is 2. The third-order valence-corrected chi connectivity index (χ3v) is 4.24. The number of rotatable bonds is 3. The Morgan fingerprint density at radius 1 is 0.952 bits per heavy atom. The number of fused-ring (bicyclic) bond motifs is 3. The van der Waals surface area contributed by atoms with Gasteiger partial charge in [0.05, 0.1) is 11.7 Å². The molecule has 0 atom stereocenters. The van der Waals surface area contributed by atoms with Gasteiger partial charge in [0.2, 0.25) is 0 Å². The zero-order valence-corrected chi connectivity index (χ0v) is 12.0. The molecule has 3 nitrogen and oxygen atoms in total. The Morgan fingerprint density at radius 2 is 1.57 bits per heavy atom. The van der Waals surface area contributed by atoms with Gasteiger partial charge in [-0.1, -0.05) is 48.5 Å². The molecule has 1 aromatic heterocycles. The molecule has 21 heavy (non-hydrogen) atoms. The average molecular weight is 275 g/mol. The fourth-order valence-corrected chi connectivity index (χ4v) is 3.16. The third kappa shape index (κ3) is 1.98. The maximum absolute atomic E-state index is 4.23. The van der Waals surface area contributed by atoms with E-state index in [1.165, 1.54) is 27.9 Å². The van der Waals surface area contributed by atoms with E-state index in [4.69, 9.17) is 0 Å². The molecule has 2 aromatic carbocycles. The highest BCUT2D eigenvalue weighted by atomic mass is 15.3. The van der Waals surface area contributed by atoms with Crippen LogP contribution < -0.4 is 5.32 Å². The number of hydrogen-bond acceptors (Lipinski definition) is 2. The first-order chi connectivity index (χ1) is 10.3. The number of aryl methyl sites for hydroxylation is 1. The molecule has 0 saturated heterocycles. The van der Waals surface area contributed by atoms with Crippen molar-refractivity contribution in [1.29, 1.82) is 0 Å². The summed E-state index contributed by atoms with van der Waals surface area (Å²) in [6.45, 7) is 0.809. The Kier molecular flexibility index (Phi) is 2.86. The molecule has 3 heteroatoms. The van der Waals surface area contributed by atoms with E-state index in [1.807, 2.05) is 17.9 Å². The molecule has 0 unspecified atom stereocenters. The summed E-state index contributed by atoms with van der Waals surface area (Å²) in [5, 5.41) is 7.90. The molecule has 1 aliphatic carbocycles. The van der Waals surface area contributed by atoms with Crippen molar-refractivity contribution in [2.24, 2.45) is 7.05 Å².